The lowest BCUT2D eigenvalue weighted by Gasteiger charge is -2.20. The maximum Gasteiger partial charge on any atom is 0.224 e. The maximum absolute atomic E-state index is 11.2. The van der Waals surface area contributed by atoms with Gasteiger partial charge in [0, 0.05) is 13.0 Å². The SMILES string of the molecule is CCC(=O)CN1CCC(C)(C(N)=O)C1. The van der Waals surface area contributed by atoms with Gasteiger partial charge >= 0.3 is 0 Å². The minimum Gasteiger partial charge on any atom is -0.369 e. The summed E-state index contributed by atoms with van der Waals surface area (Å²) in [6.07, 6.45) is 1.32. The fraction of sp³-hybridized carbons (Fsp3) is 0.800. The van der Waals surface area contributed by atoms with Gasteiger partial charge in [0.1, 0.15) is 5.78 Å². The Morgan fingerprint density at radius 3 is 2.57 bits per heavy atom. The number of primary amides is 1. The molecular formula is C10H18N2O2. The van der Waals surface area contributed by atoms with Crippen molar-refractivity contribution in [2.24, 2.45) is 11.1 Å². The molecule has 1 saturated heterocycles. The Kier molecular flexibility index (Phi) is 3.26. The normalized spacial score (nSPS) is 27.9. The van der Waals surface area contributed by atoms with Gasteiger partial charge in [-0.15, -0.1) is 0 Å². The van der Waals surface area contributed by atoms with Crippen LogP contribution in [0, 0.1) is 5.41 Å². The van der Waals surface area contributed by atoms with Crippen molar-refractivity contribution in [3.63, 3.8) is 0 Å². The standard InChI is InChI=1S/C10H18N2O2/c1-3-8(13)6-12-5-4-10(2,7-12)9(11)14/h3-7H2,1-2H3,(H2,11,14). The van der Waals surface area contributed by atoms with E-state index in [0.717, 1.165) is 13.0 Å². The van der Waals surface area contributed by atoms with E-state index < -0.39 is 5.41 Å². The molecule has 0 spiro atoms. The van der Waals surface area contributed by atoms with Crippen LogP contribution in [0.1, 0.15) is 26.7 Å². The topological polar surface area (TPSA) is 63.4 Å². The minimum absolute atomic E-state index is 0.221. The Labute approximate surface area is 84.4 Å². The molecule has 0 aromatic rings. The van der Waals surface area contributed by atoms with Crippen molar-refractivity contribution in [1.82, 2.24) is 4.90 Å². The lowest BCUT2D eigenvalue weighted by Crippen LogP contribution is -2.38. The molecule has 0 aromatic heterocycles. The molecule has 0 radical (unpaired) electrons. The van der Waals surface area contributed by atoms with Crippen LogP contribution in [0.25, 0.3) is 0 Å². The summed E-state index contributed by atoms with van der Waals surface area (Å²) in [5, 5.41) is 0. The monoisotopic (exact) mass is 198 g/mol. The van der Waals surface area contributed by atoms with E-state index in [2.05, 4.69) is 0 Å². The number of hydrogen-bond donors (Lipinski definition) is 1. The number of nitrogens with two attached hydrogens (primary N) is 1. The number of carbonyl (C=O) groups excluding carboxylic acids is 2. The van der Waals surface area contributed by atoms with E-state index in [4.69, 9.17) is 5.73 Å². The van der Waals surface area contributed by atoms with Crippen molar-refractivity contribution in [3.8, 4) is 0 Å². The van der Waals surface area contributed by atoms with Crippen LogP contribution < -0.4 is 5.73 Å². The Bertz CT molecular complexity index is 253. The second-order valence-corrected chi connectivity index (χ2v) is 4.28. The van der Waals surface area contributed by atoms with Crippen molar-refractivity contribution in [2.45, 2.75) is 26.7 Å². The highest BCUT2D eigenvalue weighted by Gasteiger charge is 2.38. The van der Waals surface area contributed by atoms with Crippen LogP contribution in [-0.2, 0) is 9.59 Å². The number of nitrogens with zero attached hydrogens (tertiary/aromatic N) is 1. The van der Waals surface area contributed by atoms with Crippen LogP contribution in [0.15, 0.2) is 0 Å². The van der Waals surface area contributed by atoms with Crippen LogP contribution in [0.3, 0.4) is 0 Å². The summed E-state index contributed by atoms with van der Waals surface area (Å²) in [7, 11) is 0. The van der Waals surface area contributed by atoms with Gasteiger partial charge in [0.05, 0.1) is 12.0 Å². The first-order valence-electron chi connectivity index (χ1n) is 5.02. The smallest absolute Gasteiger partial charge is 0.224 e. The molecule has 1 aliphatic heterocycles. The number of carbonyl (C=O) groups is 2. The van der Waals surface area contributed by atoms with Crippen LogP contribution >= 0.6 is 0 Å². The van der Waals surface area contributed by atoms with Gasteiger partial charge in [-0.3, -0.25) is 14.5 Å². The number of Topliss-reactive ketones (excluding diaryl/α,β-unsaturated/α-hetero) is 1. The Hall–Kier alpha value is -0.900. The molecule has 14 heavy (non-hydrogen) atoms. The summed E-state index contributed by atoms with van der Waals surface area (Å²) in [6, 6.07) is 0. The predicted molar refractivity (Wildman–Crippen MR) is 53.7 cm³/mol. The third-order valence-electron chi connectivity index (χ3n) is 2.94. The number of likely N-dealkylation sites (tertiary alicyclic amines) is 1. The molecule has 1 atom stereocenters. The summed E-state index contributed by atoms with van der Waals surface area (Å²) < 4.78 is 0. The second-order valence-electron chi connectivity index (χ2n) is 4.28. The Morgan fingerprint density at radius 1 is 1.50 bits per heavy atom. The van der Waals surface area contributed by atoms with E-state index in [1.54, 1.807) is 0 Å². The molecule has 1 rings (SSSR count). The zero-order chi connectivity index (χ0) is 10.8. The number of rotatable bonds is 4. The highest BCUT2D eigenvalue weighted by atomic mass is 16.1. The van der Waals surface area contributed by atoms with Gasteiger partial charge in [-0.2, -0.15) is 0 Å². The molecule has 0 saturated carbocycles. The van der Waals surface area contributed by atoms with Crippen LogP contribution in [0.2, 0.25) is 0 Å². The number of hydrogen-bond acceptors (Lipinski definition) is 3. The van der Waals surface area contributed by atoms with Crippen molar-refractivity contribution >= 4 is 11.7 Å². The molecule has 0 aliphatic carbocycles. The average molecular weight is 198 g/mol. The van der Waals surface area contributed by atoms with E-state index in [1.165, 1.54) is 0 Å². The van der Waals surface area contributed by atoms with Crippen molar-refractivity contribution in [3.05, 3.63) is 0 Å². The van der Waals surface area contributed by atoms with E-state index >= 15 is 0 Å². The van der Waals surface area contributed by atoms with E-state index in [0.29, 0.717) is 19.5 Å². The second kappa shape index (κ2) is 4.09. The van der Waals surface area contributed by atoms with Gasteiger partial charge in [0.15, 0.2) is 0 Å². The zero-order valence-electron chi connectivity index (χ0n) is 8.88. The average Bonchev–Trinajstić information content (AvgIpc) is 2.49. The molecule has 1 unspecified atom stereocenters. The minimum atomic E-state index is -0.436. The van der Waals surface area contributed by atoms with E-state index in [1.807, 2.05) is 18.7 Å². The number of ketones is 1. The molecular weight excluding hydrogens is 180 g/mol. The van der Waals surface area contributed by atoms with Crippen molar-refractivity contribution < 1.29 is 9.59 Å². The summed E-state index contributed by atoms with van der Waals surface area (Å²) in [6.45, 7) is 5.59. The summed E-state index contributed by atoms with van der Waals surface area (Å²) >= 11 is 0. The Morgan fingerprint density at radius 2 is 2.14 bits per heavy atom. The lowest BCUT2D eigenvalue weighted by atomic mass is 9.89. The molecule has 1 amide bonds. The van der Waals surface area contributed by atoms with Crippen LogP contribution in [0.5, 0.6) is 0 Å². The first kappa shape index (κ1) is 11.2. The summed E-state index contributed by atoms with van der Waals surface area (Å²) in [4.78, 5) is 24.3. The summed E-state index contributed by atoms with van der Waals surface area (Å²) in [5.41, 5.74) is 4.87. The fourth-order valence-corrected chi connectivity index (χ4v) is 1.75. The maximum atomic E-state index is 11.2. The van der Waals surface area contributed by atoms with Gasteiger partial charge in [0.2, 0.25) is 5.91 Å². The van der Waals surface area contributed by atoms with Gasteiger partial charge in [-0.1, -0.05) is 6.92 Å². The molecule has 1 heterocycles. The van der Waals surface area contributed by atoms with E-state index in [9.17, 15) is 9.59 Å². The highest BCUT2D eigenvalue weighted by Crippen LogP contribution is 2.29. The predicted octanol–water partition coefficient (Wildman–Crippen LogP) is 0.163. The van der Waals surface area contributed by atoms with Crippen LogP contribution in [0.4, 0.5) is 0 Å². The van der Waals surface area contributed by atoms with Gasteiger partial charge in [-0.25, -0.2) is 0 Å². The summed E-state index contributed by atoms with van der Waals surface area (Å²) in [5.74, 6) is -0.0392. The molecule has 1 fully saturated rings. The Balaban J connectivity index is 2.49. The highest BCUT2D eigenvalue weighted by molar-refractivity contribution is 5.82. The van der Waals surface area contributed by atoms with Gasteiger partial charge in [0.25, 0.3) is 0 Å². The van der Waals surface area contributed by atoms with Crippen molar-refractivity contribution in [1.29, 1.82) is 0 Å². The van der Waals surface area contributed by atoms with Crippen molar-refractivity contribution in [2.75, 3.05) is 19.6 Å². The largest absolute Gasteiger partial charge is 0.369 e. The molecule has 2 N–H and O–H groups in total. The van der Waals surface area contributed by atoms with Gasteiger partial charge in [-0.05, 0) is 19.9 Å². The molecule has 0 bridgehead atoms. The molecule has 4 heteroatoms. The first-order chi connectivity index (χ1) is 6.48. The van der Waals surface area contributed by atoms with Crippen LogP contribution in [-0.4, -0.2) is 36.2 Å². The first-order valence-corrected chi connectivity index (χ1v) is 5.02. The molecule has 1 aliphatic rings. The molecule has 80 valence electrons. The zero-order valence-corrected chi connectivity index (χ0v) is 8.88. The molecule has 0 aromatic carbocycles. The van der Waals surface area contributed by atoms with Gasteiger partial charge < -0.3 is 5.73 Å². The quantitative estimate of drug-likeness (QED) is 0.700. The number of amides is 1. The lowest BCUT2D eigenvalue weighted by molar-refractivity contribution is -0.126. The van der Waals surface area contributed by atoms with E-state index in [-0.39, 0.29) is 11.7 Å². The third-order valence-corrected chi connectivity index (χ3v) is 2.94. The third kappa shape index (κ3) is 2.32. The fourth-order valence-electron chi connectivity index (χ4n) is 1.75. The molecule has 4 nitrogen and oxygen atoms in total.